The van der Waals surface area contributed by atoms with E-state index in [1.54, 1.807) is 10.4 Å². The van der Waals surface area contributed by atoms with E-state index in [-0.39, 0.29) is 0 Å². The van der Waals surface area contributed by atoms with E-state index >= 15 is 0 Å². The molecule has 2 aliphatic rings. The van der Waals surface area contributed by atoms with E-state index < -0.39 is 0 Å². The van der Waals surface area contributed by atoms with Gasteiger partial charge in [-0.25, -0.2) is 9.97 Å². The molecule has 0 spiro atoms. The fourth-order valence-corrected chi connectivity index (χ4v) is 6.12. The second kappa shape index (κ2) is 7.14. The first-order chi connectivity index (χ1) is 13.6. The lowest BCUT2D eigenvalue weighted by molar-refractivity contribution is 0.509. The fourth-order valence-electron chi connectivity index (χ4n) is 4.73. The van der Waals surface area contributed by atoms with Crippen molar-refractivity contribution in [3.05, 3.63) is 51.7 Å². The Labute approximate surface area is 171 Å². The molecule has 1 atom stereocenters. The van der Waals surface area contributed by atoms with Crippen molar-refractivity contribution in [3.8, 4) is 0 Å². The summed E-state index contributed by atoms with van der Waals surface area (Å²) in [6.07, 6.45) is 5.73. The number of anilines is 1. The van der Waals surface area contributed by atoms with Gasteiger partial charge in [0.2, 0.25) is 0 Å². The Hall–Kier alpha value is -1.94. The topological polar surface area (TPSA) is 29.0 Å². The maximum atomic E-state index is 5.16. The number of benzene rings is 1. The highest BCUT2D eigenvalue weighted by Crippen LogP contribution is 2.42. The zero-order chi connectivity index (χ0) is 19.3. The normalized spacial score (nSPS) is 19.1. The molecule has 1 aliphatic carbocycles. The van der Waals surface area contributed by atoms with Crippen LogP contribution >= 0.6 is 11.3 Å². The summed E-state index contributed by atoms with van der Waals surface area (Å²) in [6, 6.07) is 8.88. The maximum Gasteiger partial charge on any atom is 0.141 e. The molecule has 0 N–H and O–H groups in total. The van der Waals surface area contributed by atoms with Crippen LogP contribution in [0.1, 0.15) is 54.6 Å². The number of aryl methyl sites for hydroxylation is 1. The smallest absolute Gasteiger partial charge is 0.141 e. The lowest BCUT2D eigenvalue weighted by Gasteiger charge is -2.31. The molecule has 2 aromatic heterocycles. The molecule has 0 radical (unpaired) electrons. The van der Waals surface area contributed by atoms with Crippen LogP contribution in [0.25, 0.3) is 10.2 Å². The van der Waals surface area contributed by atoms with Crippen LogP contribution in [-0.4, -0.2) is 16.5 Å². The Kier molecular flexibility index (Phi) is 4.62. The van der Waals surface area contributed by atoms with Crippen molar-refractivity contribution in [1.82, 2.24) is 9.97 Å². The number of fused-ring (bicyclic) bond motifs is 4. The summed E-state index contributed by atoms with van der Waals surface area (Å²) in [5.74, 6) is 3.57. The fraction of sp³-hybridized carbons (Fsp3) is 0.500. The molecule has 146 valence electrons. The number of aromatic nitrogens is 2. The minimum absolute atomic E-state index is 0.571. The van der Waals surface area contributed by atoms with Gasteiger partial charge in [-0.1, -0.05) is 45.0 Å². The molecule has 1 aliphatic heterocycles. The third kappa shape index (κ3) is 3.22. The van der Waals surface area contributed by atoms with Gasteiger partial charge in [0.05, 0.1) is 5.39 Å². The van der Waals surface area contributed by atoms with Crippen molar-refractivity contribution in [2.24, 2.45) is 11.8 Å². The highest BCUT2D eigenvalue weighted by atomic mass is 32.1. The lowest BCUT2D eigenvalue weighted by Crippen LogP contribution is -2.31. The summed E-state index contributed by atoms with van der Waals surface area (Å²) in [6.45, 7) is 8.90. The van der Waals surface area contributed by atoms with Crippen molar-refractivity contribution in [2.45, 2.75) is 59.4 Å². The molecule has 0 saturated heterocycles. The SMILES string of the molecule is CC(C)Cc1nc(N2CCc3ccccc3C2)c2c3c(sc2n1)C[C@H](C)CC3. The zero-order valence-corrected chi connectivity index (χ0v) is 18.0. The molecule has 3 aromatic rings. The van der Waals surface area contributed by atoms with Gasteiger partial charge >= 0.3 is 0 Å². The van der Waals surface area contributed by atoms with Crippen molar-refractivity contribution < 1.29 is 0 Å². The molecule has 3 heterocycles. The van der Waals surface area contributed by atoms with Crippen molar-refractivity contribution in [2.75, 3.05) is 11.4 Å². The molecule has 1 aromatic carbocycles. The molecule has 28 heavy (non-hydrogen) atoms. The molecule has 0 bridgehead atoms. The summed E-state index contributed by atoms with van der Waals surface area (Å²) in [7, 11) is 0. The lowest BCUT2D eigenvalue weighted by atomic mass is 9.89. The van der Waals surface area contributed by atoms with Crippen LogP contribution in [0.3, 0.4) is 0 Å². The molecular formula is C24H29N3S. The molecule has 4 heteroatoms. The van der Waals surface area contributed by atoms with E-state index in [9.17, 15) is 0 Å². The molecule has 0 saturated carbocycles. The first kappa shape index (κ1) is 18.1. The van der Waals surface area contributed by atoms with Crippen LogP contribution in [0.15, 0.2) is 24.3 Å². The van der Waals surface area contributed by atoms with Gasteiger partial charge in [-0.05, 0) is 54.2 Å². The largest absolute Gasteiger partial charge is 0.351 e. The van der Waals surface area contributed by atoms with Gasteiger partial charge in [-0.3, -0.25) is 0 Å². The van der Waals surface area contributed by atoms with Crippen LogP contribution in [0.5, 0.6) is 0 Å². The number of thiophene rings is 1. The van der Waals surface area contributed by atoms with Gasteiger partial charge in [-0.15, -0.1) is 11.3 Å². The minimum atomic E-state index is 0.571. The number of hydrogen-bond donors (Lipinski definition) is 0. The van der Waals surface area contributed by atoms with Crippen LogP contribution in [0.4, 0.5) is 5.82 Å². The highest BCUT2D eigenvalue weighted by molar-refractivity contribution is 7.19. The summed E-state index contributed by atoms with van der Waals surface area (Å²) < 4.78 is 0. The predicted molar refractivity (Wildman–Crippen MR) is 118 cm³/mol. The van der Waals surface area contributed by atoms with Crippen molar-refractivity contribution in [3.63, 3.8) is 0 Å². The third-order valence-electron chi connectivity index (χ3n) is 6.20. The third-order valence-corrected chi connectivity index (χ3v) is 7.35. The molecule has 0 fully saturated rings. The van der Waals surface area contributed by atoms with E-state index in [0.29, 0.717) is 5.92 Å². The quantitative estimate of drug-likeness (QED) is 0.584. The summed E-state index contributed by atoms with van der Waals surface area (Å²) in [4.78, 5) is 15.5. The summed E-state index contributed by atoms with van der Waals surface area (Å²) in [5.41, 5.74) is 4.49. The average Bonchev–Trinajstić information content (AvgIpc) is 3.03. The molecule has 3 nitrogen and oxygen atoms in total. The Morgan fingerprint density at radius 2 is 1.96 bits per heavy atom. The van der Waals surface area contributed by atoms with Gasteiger partial charge in [0, 0.05) is 24.4 Å². The zero-order valence-electron chi connectivity index (χ0n) is 17.2. The van der Waals surface area contributed by atoms with Gasteiger partial charge in [0.15, 0.2) is 0 Å². The van der Waals surface area contributed by atoms with Gasteiger partial charge in [-0.2, -0.15) is 0 Å². The first-order valence-corrected chi connectivity index (χ1v) is 11.5. The van der Waals surface area contributed by atoms with Crippen LogP contribution in [-0.2, 0) is 32.2 Å². The van der Waals surface area contributed by atoms with Crippen molar-refractivity contribution >= 4 is 27.4 Å². The Morgan fingerprint density at radius 1 is 1.14 bits per heavy atom. The first-order valence-electron chi connectivity index (χ1n) is 10.7. The Bertz CT molecular complexity index is 1020. The van der Waals surface area contributed by atoms with E-state index in [1.807, 2.05) is 11.3 Å². The van der Waals surface area contributed by atoms with E-state index in [0.717, 1.165) is 37.7 Å². The van der Waals surface area contributed by atoms with Gasteiger partial charge in [0.25, 0.3) is 0 Å². The highest BCUT2D eigenvalue weighted by Gasteiger charge is 2.27. The molecule has 5 rings (SSSR count). The minimum Gasteiger partial charge on any atom is -0.351 e. The second-order valence-corrected chi connectivity index (χ2v) is 10.1. The Balaban J connectivity index is 1.63. The maximum absolute atomic E-state index is 5.16. The van der Waals surface area contributed by atoms with Gasteiger partial charge < -0.3 is 4.90 Å². The van der Waals surface area contributed by atoms with Crippen molar-refractivity contribution in [1.29, 1.82) is 0 Å². The van der Waals surface area contributed by atoms with E-state index in [4.69, 9.17) is 9.97 Å². The number of hydrogen-bond acceptors (Lipinski definition) is 4. The average molecular weight is 392 g/mol. The number of nitrogens with zero attached hydrogens (tertiary/aromatic N) is 3. The monoisotopic (exact) mass is 391 g/mol. The van der Waals surface area contributed by atoms with Crippen LogP contribution < -0.4 is 4.90 Å². The van der Waals surface area contributed by atoms with E-state index in [2.05, 4.69) is 49.9 Å². The summed E-state index contributed by atoms with van der Waals surface area (Å²) in [5, 5.41) is 1.36. The second-order valence-electron chi connectivity index (χ2n) is 9.03. The van der Waals surface area contributed by atoms with E-state index in [1.165, 1.54) is 46.4 Å². The van der Waals surface area contributed by atoms with Crippen LogP contribution in [0.2, 0.25) is 0 Å². The standard InChI is InChI=1S/C24H29N3S/c1-15(2)12-21-25-23(27-11-10-17-6-4-5-7-18(17)14-27)22-19-9-8-16(3)13-20(19)28-24(22)26-21/h4-7,15-16H,8-14H2,1-3H3/t16-/m1/s1. The molecule has 0 unspecified atom stereocenters. The number of rotatable bonds is 3. The molecular weight excluding hydrogens is 362 g/mol. The summed E-state index contributed by atoms with van der Waals surface area (Å²) >= 11 is 1.93. The van der Waals surface area contributed by atoms with Gasteiger partial charge in [0.1, 0.15) is 16.5 Å². The van der Waals surface area contributed by atoms with Crippen LogP contribution in [0, 0.1) is 11.8 Å². The predicted octanol–water partition coefficient (Wildman–Crippen LogP) is 5.58. The Morgan fingerprint density at radius 3 is 2.79 bits per heavy atom. The molecule has 0 amide bonds.